The normalized spacial score (nSPS) is 16.5. The lowest BCUT2D eigenvalue weighted by Gasteiger charge is -2.15. The van der Waals surface area contributed by atoms with Crippen molar-refractivity contribution in [3.63, 3.8) is 0 Å². The molecule has 178 valence electrons. The third kappa shape index (κ3) is 3.94. The molecule has 1 aliphatic rings. The maximum Gasteiger partial charge on any atom is 0.331 e. The molecule has 1 amide bonds. The van der Waals surface area contributed by atoms with Crippen molar-refractivity contribution in [2.75, 3.05) is 13.2 Å². The third-order valence-electron chi connectivity index (χ3n) is 5.92. The highest BCUT2D eigenvalue weighted by Crippen LogP contribution is 2.34. The molecule has 1 fully saturated rings. The minimum Gasteiger partial charge on any atom is -0.389 e. The summed E-state index contributed by atoms with van der Waals surface area (Å²) in [5.41, 5.74) is 2.06. The Kier molecular flexibility index (Phi) is 6.30. The molecule has 33 heavy (non-hydrogen) atoms. The van der Waals surface area contributed by atoms with Gasteiger partial charge in [0.1, 0.15) is 17.5 Å². The third-order valence-corrected chi connectivity index (χ3v) is 7.13. The van der Waals surface area contributed by atoms with Crippen molar-refractivity contribution >= 4 is 27.5 Å². The fourth-order valence-electron chi connectivity index (χ4n) is 4.22. The molecular formula is C22H29N5O5S. The fraction of sp³-hybridized carbons (Fsp3) is 0.545. The zero-order valence-corrected chi connectivity index (χ0v) is 20.3. The molecule has 4 heterocycles. The van der Waals surface area contributed by atoms with E-state index in [4.69, 9.17) is 4.84 Å². The molecule has 2 N–H and O–H groups in total. The monoisotopic (exact) mass is 475 g/mol. The smallest absolute Gasteiger partial charge is 0.331 e. The number of nitrogens with zero attached hydrogens (tertiary/aromatic N) is 4. The number of aliphatic hydroxyl groups excluding tert-OH is 1. The first-order valence-electron chi connectivity index (χ1n) is 11.1. The standard InChI is InChI=1S/C22H29N5O5S/c1-6-7-26-21-17(19(29)25(5)22(26)31)16(20(30)27-9-13(28)10-32-27)15(33-21)8-14-12(4)23-24-18(14)11(2)3/h11,13,28H,6-10H2,1-5H3,(H,23,24)/t13-/m0/s1. The maximum absolute atomic E-state index is 13.6. The summed E-state index contributed by atoms with van der Waals surface area (Å²) in [6, 6.07) is 0. The second-order valence-electron chi connectivity index (χ2n) is 8.74. The molecule has 3 aromatic rings. The van der Waals surface area contributed by atoms with Gasteiger partial charge in [-0.2, -0.15) is 5.10 Å². The number of thiophene rings is 1. The van der Waals surface area contributed by atoms with Crippen LogP contribution in [0.1, 0.15) is 65.3 Å². The van der Waals surface area contributed by atoms with E-state index in [9.17, 15) is 19.5 Å². The first kappa shape index (κ1) is 23.4. The van der Waals surface area contributed by atoms with Crippen molar-refractivity contribution in [1.29, 1.82) is 0 Å². The van der Waals surface area contributed by atoms with E-state index in [1.165, 1.54) is 18.4 Å². The van der Waals surface area contributed by atoms with E-state index in [1.807, 2.05) is 27.7 Å². The Balaban J connectivity index is 1.99. The Bertz CT molecular complexity index is 1330. The van der Waals surface area contributed by atoms with Crippen LogP contribution in [-0.2, 0) is 24.9 Å². The average molecular weight is 476 g/mol. The molecule has 0 unspecified atom stereocenters. The SMILES string of the molecule is CCCn1c(=O)n(C)c(=O)c2c(C(=O)N3C[C@H](O)CO3)c(Cc3c(C(C)C)n[nH]c3C)sc21. The van der Waals surface area contributed by atoms with Crippen LogP contribution in [0.2, 0.25) is 0 Å². The lowest BCUT2D eigenvalue weighted by Crippen LogP contribution is -2.38. The summed E-state index contributed by atoms with van der Waals surface area (Å²) in [5, 5.41) is 18.7. The number of hydroxylamine groups is 2. The van der Waals surface area contributed by atoms with Crippen LogP contribution in [-0.4, -0.2) is 54.7 Å². The Morgan fingerprint density at radius 2 is 2.09 bits per heavy atom. The highest BCUT2D eigenvalue weighted by atomic mass is 32.1. The number of hydrogen-bond acceptors (Lipinski definition) is 7. The average Bonchev–Trinajstić information content (AvgIpc) is 3.47. The molecule has 10 nitrogen and oxygen atoms in total. The van der Waals surface area contributed by atoms with Gasteiger partial charge >= 0.3 is 5.69 Å². The zero-order valence-electron chi connectivity index (χ0n) is 19.5. The largest absolute Gasteiger partial charge is 0.389 e. The quantitative estimate of drug-likeness (QED) is 0.559. The van der Waals surface area contributed by atoms with E-state index in [0.717, 1.165) is 26.6 Å². The summed E-state index contributed by atoms with van der Waals surface area (Å²) in [6.45, 7) is 8.43. The molecule has 3 aromatic heterocycles. The lowest BCUT2D eigenvalue weighted by atomic mass is 9.99. The van der Waals surface area contributed by atoms with Crippen LogP contribution in [0.4, 0.5) is 0 Å². The highest BCUT2D eigenvalue weighted by molar-refractivity contribution is 7.19. The fourth-order valence-corrected chi connectivity index (χ4v) is 5.53. The van der Waals surface area contributed by atoms with E-state index in [-0.39, 0.29) is 30.0 Å². The van der Waals surface area contributed by atoms with E-state index < -0.39 is 23.3 Å². The van der Waals surface area contributed by atoms with Crippen LogP contribution in [0.5, 0.6) is 0 Å². The number of amides is 1. The van der Waals surface area contributed by atoms with Gasteiger partial charge in [-0.15, -0.1) is 11.3 Å². The topological polar surface area (TPSA) is 122 Å². The molecule has 4 rings (SSSR count). The lowest BCUT2D eigenvalue weighted by molar-refractivity contribution is -0.0778. The number of carbonyl (C=O) groups is 1. The number of nitrogens with one attached hydrogen (secondary N) is 1. The number of fused-ring (bicyclic) bond motifs is 1. The number of carbonyl (C=O) groups excluding carboxylic acids is 1. The predicted molar refractivity (Wildman–Crippen MR) is 125 cm³/mol. The molecule has 11 heteroatoms. The van der Waals surface area contributed by atoms with Gasteiger partial charge in [0.05, 0.1) is 23.2 Å². The van der Waals surface area contributed by atoms with Gasteiger partial charge in [0.15, 0.2) is 0 Å². The van der Waals surface area contributed by atoms with Gasteiger partial charge in [-0.05, 0) is 19.3 Å². The number of aryl methyl sites for hydroxylation is 2. The molecule has 0 aromatic carbocycles. The molecule has 1 atom stereocenters. The summed E-state index contributed by atoms with van der Waals surface area (Å²) < 4.78 is 2.61. The maximum atomic E-state index is 13.6. The van der Waals surface area contributed by atoms with E-state index in [1.54, 1.807) is 4.57 Å². The number of rotatable bonds is 6. The van der Waals surface area contributed by atoms with Crippen molar-refractivity contribution in [3.05, 3.63) is 48.2 Å². The van der Waals surface area contributed by atoms with Crippen LogP contribution in [0.15, 0.2) is 9.59 Å². The van der Waals surface area contributed by atoms with Crippen molar-refractivity contribution < 1.29 is 14.7 Å². The molecule has 1 saturated heterocycles. The summed E-state index contributed by atoms with van der Waals surface area (Å²) in [7, 11) is 1.43. The van der Waals surface area contributed by atoms with Crippen molar-refractivity contribution in [2.24, 2.45) is 7.05 Å². The van der Waals surface area contributed by atoms with Crippen LogP contribution in [0.25, 0.3) is 10.2 Å². The van der Waals surface area contributed by atoms with Crippen LogP contribution >= 0.6 is 11.3 Å². The van der Waals surface area contributed by atoms with Gasteiger partial charge in [-0.25, -0.2) is 9.86 Å². The van der Waals surface area contributed by atoms with Crippen LogP contribution in [0.3, 0.4) is 0 Å². The number of aromatic nitrogens is 4. The van der Waals surface area contributed by atoms with Gasteiger partial charge in [0.25, 0.3) is 11.5 Å². The van der Waals surface area contributed by atoms with Gasteiger partial charge in [-0.1, -0.05) is 20.8 Å². The molecule has 1 aliphatic heterocycles. The number of H-pyrrole nitrogens is 1. The van der Waals surface area contributed by atoms with Gasteiger partial charge in [-0.3, -0.25) is 28.7 Å². The minimum absolute atomic E-state index is 0.0139. The summed E-state index contributed by atoms with van der Waals surface area (Å²) in [6.07, 6.45) is 0.298. The van der Waals surface area contributed by atoms with Crippen molar-refractivity contribution in [1.82, 2.24) is 24.4 Å². The Morgan fingerprint density at radius 3 is 2.70 bits per heavy atom. The van der Waals surface area contributed by atoms with Crippen LogP contribution in [0, 0.1) is 6.92 Å². The number of aliphatic hydroxyl groups is 1. The van der Waals surface area contributed by atoms with E-state index in [2.05, 4.69) is 10.2 Å². The summed E-state index contributed by atoms with van der Waals surface area (Å²) in [5.74, 6) is -0.319. The molecule has 0 aliphatic carbocycles. The molecule has 0 saturated carbocycles. The second kappa shape index (κ2) is 8.88. The Labute approximate surface area is 194 Å². The van der Waals surface area contributed by atoms with Crippen molar-refractivity contribution in [3.8, 4) is 0 Å². The van der Waals surface area contributed by atoms with E-state index in [0.29, 0.717) is 29.1 Å². The number of aromatic amines is 1. The van der Waals surface area contributed by atoms with Gasteiger partial charge in [0, 0.05) is 36.1 Å². The molecule has 0 radical (unpaired) electrons. The Hall–Kier alpha value is -2.76. The minimum atomic E-state index is -0.785. The van der Waals surface area contributed by atoms with Gasteiger partial charge in [0.2, 0.25) is 0 Å². The molecule has 0 bridgehead atoms. The van der Waals surface area contributed by atoms with Gasteiger partial charge < -0.3 is 5.11 Å². The summed E-state index contributed by atoms with van der Waals surface area (Å²) in [4.78, 5) is 46.2. The highest BCUT2D eigenvalue weighted by Gasteiger charge is 2.33. The molecular weight excluding hydrogens is 446 g/mol. The summed E-state index contributed by atoms with van der Waals surface area (Å²) >= 11 is 1.29. The second-order valence-corrected chi connectivity index (χ2v) is 9.82. The first-order valence-corrected chi connectivity index (χ1v) is 11.9. The Morgan fingerprint density at radius 1 is 1.36 bits per heavy atom. The predicted octanol–water partition coefficient (Wildman–Crippen LogP) is 1.67. The van der Waals surface area contributed by atoms with E-state index >= 15 is 0 Å². The van der Waals surface area contributed by atoms with Crippen molar-refractivity contribution in [2.45, 2.75) is 59.1 Å². The zero-order chi connectivity index (χ0) is 24.0. The number of hydrogen-bond donors (Lipinski definition) is 2. The first-order chi connectivity index (χ1) is 15.6. The number of β-amino-alcohol motifs (C(OH)–C–C–N with tert-alkyl or cyclic N) is 1. The van der Waals surface area contributed by atoms with Crippen LogP contribution < -0.4 is 11.2 Å². The molecule has 0 spiro atoms.